The standard InChI is InChI=1S/C17H17ClF2N2O4/c1-8-7-10(19)12(13(20)14(8)25-3)17(16(24)26-4)15(18)11(5-6-21-17)22-9(2)23/h5-7,21H,1-4H3,(H,22,23). The molecule has 2 rings (SSSR count). The number of methoxy groups -OCH3 is 2. The Morgan fingerprint density at radius 3 is 2.50 bits per heavy atom. The third-order valence-corrected chi connectivity index (χ3v) is 4.34. The van der Waals surface area contributed by atoms with Gasteiger partial charge in [0.25, 0.3) is 0 Å². The molecule has 0 spiro atoms. The van der Waals surface area contributed by atoms with E-state index in [9.17, 15) is 14.0 Å². The second-order valence-electron chi connectivity index (χ2n) is 5.53. The lowest BCUT2D eigenvalue weighted by Gasteiger charge is -2.35. The smallest absolute Gasteiger partial charge is 0.342 e. The molecule has 0 saturated heterocycles. The number of esters is 1. The first-order chi connectivity index (χ1) is 12.2. The Labute approximate surface area is 153 Å². The predicted molar refractivity (Wildman–Crippen MR) is 90.3 cm³/mol. The monoisotopic (exact) mass is 386 g/mol. The van der Waals surface area contributed by atoms with Gasteiger partial charge in [-0.05, 0) is 30.8 Å². The second kappa shape index (κ2) is 7.33. The van der Waals surface area contributed by atoms with E-state index >= 15 is 4.39 Å². The van der Waals surface area contributed by atoms with Crippen molar-refractivity contribution in [3.63, 3.8) is 0 Å². The summed E-state index contributed by atoms with van der Waals surface area (Å²) in [5, 5.41) is 4.63. The average molecular weight is 387 g/mol. The maximum absolute atomic E-state index is 15.1. The number of hydrogen-bond acceptors (Lipinski definition) is 5. The Hall–Kier alpha value is -2.61. The van der Waals surface area contributed by atoms with E-state index in [4.69, 9.17) is 21.1 Å². The highest BCUT2D eigenvalue weighted by molar-refractivity contribution is 6.33. The number of allylic oxidation sites excluding steroid dienone is 1. The molecule has 26 heavy (non-hydrogen) atoms. The van der Waals surface area contributed by atoms with Gasteiger partial charge in [-0.25, -0.2) is 13.6 Å². The Morgan fingerprint density at radius 1 is 1.31 bits per heavy atom. The minimum absolute atomic E-state index is 0.00154. The Balaban J connectivity index is 2.87. The summed E-state index contributed by atoms with van der Waals surface area (Å²) in [6.07, 6.45) is 2.59. The zero-order valence-electron chi connectivity index (χ0n) is 14.5. The zero-order valence-corrected chi connectivity index (χ0v) is 15.3. The van der Waals surface area contributed by atoms with Crippen LogP contribution in [0.5, 0.6) is 5.75 Å². The van der Waals surface area contributed by atoms with Crippen LogP contribution in [0.3, 0.4) is 0 Å². The number of dihydropyridines is 1. The van der Waals surface area contributed by atoms with E-state index in [1.54, 1.807) is 0 Å². The summed E-state index contributed by atoms with van der Waals surface area (Å²) < 4.78 is 39.6. The minimum atomic E-state index is -2.24. The molecule has 1 aromatic rings. The molecule has 6 nitrogen and oxygen atoms in total. The molecular formula is C17H17ClF2N2O4. The van der Waals surface area contributed by atoms with Crippen LogP contribution in [0.4, 0.5) is 8.78 Å². The van der Waals surface area contributed by atoms with Gasteiger partial charge in [-0.2, -0.15) is 0 Å². The van der Waals surface area contributed by atoms with Crippen molar-refractivity contribution in [3.05, 3.63) is 51.8 Å². The lowest BCUT2D eigenvalue weighted by molar-refractivity contribution is -0.147. The van der Waals surface area contributed by atoms with Crippen LogP contribution in [-0.2, 0) is 19.9 Å². The summed E-state index contributed by atoms with van der Waals surface area (Å²) in [5.41, 5.74) is -2.75. The van der Waals surface area contributed by atoms with Crippen molar-refractivity contribution in [1.82, 2.24) is 10.6 Å². The summed E-state index contributed by atoms with van der Waals surface area (Å²) in [6.45, 7) is 2.68. The molecule has 0 aliphatic carbocycles. The molecule has 0 bridgehead atoms. The molecule has 1 amide bonds. The molecule has 1 aromatic carbocycles. The molecule has 0 fully saturated rings. The first-order valence-electron chi connectivity index (χ1n) is 7.44. The normalized spacial score (nSPS) is 19.0. The molecular weight excluding hydrogens is 370 g/mol. The molecule has 1 heterocycles. The number of carbonyl (C=O) groups excluding carboxylic acids is 2. The van der Waals surface area contributed by atoms with Gasteiger partial charge in [-0.15, -0.1) is 0 Å². The Bertz CT molecular complexity index is 839. The van der Waals surface area contributed by atoms with Crippen LogP contribution in [0.2, 0.25) is 0 Å². The predicted octanol–water partition coefficient (Wildman–Crippen LogP) is 2.35. The number of nitrogens with one attached hydrogen (secondary N) is 2. The van der Waals surface area contributed by atoms with Gasteiger partial charge < -0.3 is 20.1 Å². The average Bonchev–Trinajstić information content (AvgIpc) is 2.56. The van der Waals surface area contributed by atoms with Crippen LogP contribution in [0.1, 0.15) is 18.1 Å². The van der Waals surface area contributed by atoms with E-state index in [1.807, 2.05) is 0 Å². The van der Waals surface area contributed by atoms with Crippen LogP contribution >= 0.6 is 11.6 Å². The molecule has 2 N–H and O–H groups in total. The van der Waals surface area contributed by atoms with Crippen molar-refractivity contribution in [1.29, 1.82) is 0 Å². The topological polar surface area (TPSA) is 76.7 Å². The maximum Gasteiger partial charge on any atom is 0.342 e. The van der Waals surface area contributed by atoms with E-state index in [1.165, 1.54) is 33.2 Å². The largest absolute Gasteiger partial charge is 0.493 e. The Morgan fingerprint density at radius 2 is 1.96 bits per heavy atom. The van der Waals surface area contributed by atoms with Crippen LogP contribution in [-0.4, -0.2) is 26.1 Å². The molecule has 1 aliphatic heterocycles. The second-order valence-corrected chi connectivity index (χ2v) is 5.90. The van der Waals surface area contributed by atoms with Gasteiger partial charge in [-0.3, -0.25) is 4.79 Å². The number of rotatable bonds is 4. The number of carbonyl (C=O) groups is 2. The molecule has 1 atom stereocenters. The summed E-state index contributed by atoms with van der Waals surface area (Å²) in [7, 11) is 2.26. The first-order valence-corrected chi connectivity index (χ1v) is 7.82. The van der Waals surface area contributed by atoms with Gasteiger partial charge in [0.15, 0.2) is 11.6 Å². The van der Waals surface area contributed by atoms with Crippen LogP contribution in [0.15, 0.2) is 29.1 Å². The lowest BCUT2D eigenvalue weighted by Crippen LogP contribution is -2.52. The summed E-state index contributed by atoms with van der Waals surface area (Å²) >= 11 is 6.31. The Kier molecular flexibility index (Phi) is 5.56. The van der Waals surface area contributed by atoms with Gasteiger partial charge >= 0.3 is 5.97 Å². The minimum Gasteiger partial charge on any atom is -0.493 e. The van der Waals surface area contributed by atoms with Crippen molar-refractivity contribution in [2.75, 3.05) is 14.2 Å². The van der Waals surface area contributed by atoms with Crippen LogP contribution < -0.4 is 15.4 Å². The summed E-state index contributed by atoms with van der Waals surface area (Å²) in [4.78, 5) is 24.0. The third kappa shape index (κ3) is 3.01. The zero-order chi connectivity index (χ0) is 19.6. The number of benzene rings is 1. The van der Waals surface area contributed by atoms with E-state index in [2.05, 4.69) is 10.6 Å². The molecule has 0 aromatic heterocycles. The summed E-state index contributed by atoms with van der Waals surface area (Å²) in [6, 6.07) is 1.02. The fourth-order valence-corrected chi connectivity index (χ4v) is 3.11. The van der Waals surface area contributed by atoms with E-state index in [0.29, 0.717) is 0 Å². The quantitative estimate of drug-likeness (QED) is 0.777. The molecule has 140 valence electrons. The SMILES string of the molecule is COC(=O)C1(c2c(F)cc(C)c(OC)c2F)NC=CC(NC(C)=O)=C1Cl. The van der Waals surface area contributed by atoms with Gasteiger partial charge in [0.05, 0.1) is 30.5 Å². The highest BCUT2D eigenvalue weighted by Gasteiger charge is 2.51. The van der Waals surface area contributed by atoms with Crippen LogP contribution in [0, 0.1) is 18.6 Å². The maximum atomic E-state index is 15.1. The molecule has 9 heteroatoms. The lowest BCUT2D eigenvalue weighted by atomic mass is 9.85. The number of halogens is 3. The van der Waals surface area contributed by atoms with Gasteiger partial charge in [0, 0.05) is 6.92 Å². The number of amides is 1. The molecule has 0 saturated carbocycles. The highest BCUT2D eigenvalue weighted by Crippen LogP contribution is 2.43. The highest BCUT2D eigenvalue weighted by atomic mass is 35.5. The van der Waals surface area contributed by atoms with Gasteiger partial charge in [-0.1, -0.05) is 11.6 Å². The van der Waals surface area contributed by atoms with Gasteiger partial charge in [0.1, 0.15) is 5.82 Å². The van der Waals surface area contributed by atoms with E-state index < -0.39 is 34.6 Å². The molecule has 0 radical (unpaired) electrons. The first kappa shape index (κ1) is 19.7. The van der Waals surface area contributed by atoms with Crippen LogP contribution in [0.25, 0.3) is 0 Å². The molecule has 1 aliphatic rings. The fraction of sp³-hybridized carbons (Fsp3) is 0.294. The van der Waals surface area contributed by atoms with Crippen molar-refractivity contribution < 1.29 is 27.8 Å². The van der Waals surface area contributed by atoms with E-state index in [-0.39, 0.29) is 22.0 Å². The number of ether oxygens (including phenoxy) is 2. The third-order valence-electron chi connectivity index (χ3n) is 3.86. The van der Waals surface area contributed by atoms with Gasteiger partial charge in [0.2, 0.25) is 11.4 Å². The number of aryl methyl sites for hydroxylation is 1. The fourth-order valence-electron chi connectivity index (χ4n) is 2.77. The van der Waals surface area contributed by atoms with Crippen molar-refractivity contribution >= 4 is 23.5 Å². The van der Waals surface area contributed by atoms with Crippen molar-refractivity contribution in [3.8, 4) is 5.75 Å². The summed E-state index contributed by atoms with van der Waals surface area (Å²) in [5.74, 6) is -3.94. The number of hydrogen-bond donors (Lipinski definition) is 2. The molecule has 1 unspecified atom stereocenters. The van der Waals surface area contributed by atoms with E-state index in [0.717, 1.165) is 13.2 Å². The van der Waals surface area contributed by atoms with Crippen molar-refractivity contribution in [2.45, 2.75) is 19.4 Å². The van der Waals surface area contributed by atoms with Crippen molar-refractivity contribution in [2.24, 2.45) is 0 Å².